The van der Waals surface area contributed by atoms with Crippen LogP contribution < -0.4 is 10.1 Å². The van der Waals surface area contributed by atoms with E-state index in [4.69, 9.17) is 4.74 Å². The fraction of sp³-hybridized carbons (Fsp3) is 0.444. The average molecular weight is 271 g/mol. The van der Waals surface area contributed by atoms with Crippen LogP contribution in [0, 0.1) is 0 Å². The Balaban J connectivity index is 2.36. The minimum absolute atomic E-state index is 0.265. The van der Waals surface area contributed by atoms with Gasteiger partial charge in [-0.3, -0.25) is 0 Å². The average Bonchev–Trinajstić information content (AvgIpc) is 2.46. The Bertz CT molecular complexity index is 550. The molecule has 20 heavy (non-hydrogen) atoms. The molecule has 0 fully saturated rings. The van der Waals surface area contributed by atoms with Crippen LogP contribution in [0.2, 0.25) is 0 Å². The monoisotopic (exact) mass is 271 g/mol. The first kappa shape index (κ1) is 14.9. The molecule has 0 bridgehead atoms. The molecule has 0 saturated heterocycles. The summed E-state index contributed by atoms with van der Waals surface area (Å²) in [5, 5.41) is 5.98. The summed E-state index contributed by atoms with van der Waals surface area (Å²) in [4.78, 5) is 0. The second-order valence-corrected chi connectivity index (χ2v) is 5.26. The summed E-state index contributed by atoms with van der Waals surface area (Å²) in [7, 11) is 0. The normalized spacial score (nSPS) is 12.6. The maximum absolute atomic E-state index is 6.15. The molecule has 0 aliphatic heterocycles. The molecule has 0 heterocycles. The quantitative estimate of drug-likeness (QED) is 0.799. The topological polar surface area (TPSA) is 21.3 Å². The zero-order chi connectivity index (χ0) is 14.4. The van der Waals surface area contributed by atoms with Gasteiger partial charge in [0.05, 0.1) is 6.10 Å². The summed E-state index contributed by atoms with van der Waals surface area (Å²) in [5.74, 6) is 1.02. The zero-order valence-corrected chi connectivity index (χ0v) is 12.8. The molecule has 0 spiro atoms. The van der Waals surface area contributed by atoms with Crippen molar-refractivity contribution < 1.29 is 4.74 Å². The maximum atomic E-state index is 6.15. The van der Waals surface area contributed by atoms with Crippen molar-refractivity contribution in [3.05, 3.63) is 42.0 Å². The van der Waals surface area contributed by atoms with Crippen molar-refractivity contribution >= 4 is 10.8 Å². The molecule has 2 heteroatoms. The predicted octanol–water partition coefficient (Wildman–Crippen LogP) is 4.52. The van der Waals surface area contributed by atoms with E-state index in [9.17, 15) is 0 Å². The molecule has 0 aliphatic carbocycles. The van der Waals surface area contributed by atoms with Crippen LogP contribution in [0.4, 0.5) is 0 Å². The van der Waals surface area contributed by atoms with E-state index in [2.05, 4.69) is 62.5 Å². The van der Waals surface area contributed by atoms with Crippen molar-refractivity contribution in [1.82, 2.24) is 5.32 Å². The van der Waals surface area contributed by atoms with E-state index in [1.54, 1.807) is 0 Å². The first-order valence-corrected chi connectivity index (χ1v) is 7.64. The third kappa shape index (κ3) is 3.51. The van der Waals surface area contributed by atoms with E-state index in [1.165, 1.54) is 16.3 Å². The van der Waals surface area contributed by atoms with Gasteiger partial charge in [0.15, 0.2) is 0 Å². The summed E-state index contributed by atoms with van der Waals surface area (Å²) >= 11 is 0. The van der Waals surface area contributed by atoms with Crippen LogP contribution in [-0.4, -0.2) is 12.6 Å². The molecule has 0 aromatic heterocycles. The summed E-state index contributed by atoms with van der Waals surface area (Å²) < 4.78 is 6.15. The molecule has 0 saturated carbocycles. The highest BCUT2D eigenvalue weighted by Gasteiger charge is 2.11. The van der Waals surface area contributed by atoms with Crippen LogP contribution in [0.5, 0.6) is 5.75 Å². The molecule has 1 N–H and O–H groups in total. The van der Waals surface area contributed by atoms with Gasteiger partial charge in [0, 0.05) is 12.1 Å². The molecule has 2 rings (SSSR count). The summed E-state index contributed by atoms with van der Waals surface area (Å²) in [5.41, 5.74) is 1.27. The predicted molar refractivity (Wildman–Crippen MR) is 86.3 cm³/mol. The van der Waals surface area contributed by atoms with Crippen LogP contribution in [0.3, 0.4) is 0 Å². The van der Waals surface area contributed by atoms with Gasteiger partial charge < -0.3 is 10.1 Å². The van der Waals surface area contributed by atoms with E-state index >= 15 is 0 Å². The lowest BCUT2D eigenvalue weighted by Crippen LogP contribution is -2.16. The first-order valence-electron chi connectivity index (χ1n) is 7.64. The van der Waals surface area contributed by atoms with Gasteiger partial charge in [-0.2, -0.15) is 0 Å². The highest BCUT2D eigenvalue weighted by molar-refractivity contribution is 5.87. The first-order chi connectivity index (χ1) is 9.76. The molecule has 108 valence electrons. The lowest BCUT2D eigenvalue weighted by atomic mass is 10.0. The fourth-order valence-corrected chi connectivity index (χ4v) is 2.54. The minimum Gasteiger partial charge on any atom is -0.490 e. The largest absolute Gasteiger partial charge is 0.490 e. The van der Waals surface area contributed by atoms with Crippen molar-refractivity contribution in [2.24, 2.45) is 0 Å². The highest BCUT2D eigenvalue weighted by atomic mass is 16.5. The Morgan fingerprint density at radius 2 is 1.90 bits per heavy atom. The van der Waals surface area contributed by atoms with Crippen molar-refractivity contribution in [3.63, 3.8) is 0 Å². The van der Waals surface area contributed by atoms with Gasteiger partial charge in [0.1, 0.15) is 5.75 Å². The Labute approximate surface area is 122 Å². The number of hydrogen-bond acceptors (Lipinski definition) is 2. The number of fused-ring (bicyclic) bond motifs is 1. The maximum Gasteiger partial charge on any atom is 0.124 e. The van der Waals surface area contributed by atoms with E-state index in [-0.39, 0.29) is 6.10 Å². The molecule has 1 atom stereocenters. The molecular formula is C18H25NO. The summed E-state index contributed by atoms with van der Waals surface area (Å²) in [6.45, 7) is 8.29. The van der Waals surface area contributed by atoms with Crippen molar-refractivity contribution in [2.75, 3.05) is 6.54 Å². The molecule has 0 amide bonds. The number of ether oxygens (including phenoxy) is 1. The molecule has 1 unspecified atom stereocenters. The van der Waals surface area contributed by atoms with Crippen LogP contribution >= 0.6 is 0 Å². The zero-order valence-electron chi connectivity index (χ0n) is 12.8. The van der Waals surface area contributed by atoms with Crippen LogP contribution in [-0.2, 0) is 6.54 Å². The SMILES string of the molecule is CCCC(C)Oc1ccc2ccccc2c1CNCC. The standard InChI is InChI=1S/C18H25NO/c1-4-8-14(3)20-18-12-11-15-9-6-7-10-16(15)17(18)13-19-5-2/h6-7,9-12,14,19H,4-5,8,13H2,1-3H3. The lowest BCUT2D eigenvalue weighted by Gasteiger charge is -2.19. The smallest absolute Gasteiger partial charge is 0.124 e. The van der Waals surface area contributed by atoms with Gasteiger partial charge >= 0.3 is 0 Å². The van der Waals surface area contributed by atoms with Crippen molar-refractivity contribution in [2.45, 2.75) is 46.3 Å². The molecule has 2 aromatic rings. The molecule has 2 nitrogen and oxygen atoms in total. The van der Waals surface area contributed by atoms with E-state index in [0.717, 1.165) is 31.7 Å². The molecule has 2 aromatic carbocycles. The molecule has 0 aliphatic rings. The minimum atomic E-state index is 0.265. The van der Waals surface area contributed by atoms with Gasteiger partial charge in [0.25, 0.3) is 0 Å². The van der Waals surface area contributed by atoms with Crippen LogP contribution in [0.1, 0.15) is 39.2 Å². The van der Waals surface area contributed by atoms with Gasteiger partial charge in [-0.05, 0) is 36.7 Å². The van der Waals surface area contributed by atoms with E-state index < -0.39 is 0 Å². The van der Waals surface area contributed by atoms with Gasteiger partial charge in [0.2, 0.25) is 0 Å². The third-order valence-electron chi connectivity index (χ3n) is 3.57. The van der Waals surface area contributed by atoms with Crippen LogP contribution in [0.25, 0.3) is 10.8 Å². The van der Waals surface area contributed by atoms with Crippen molar-refractivity contribution in [1.29, 1.82) is 0 Å². The van der Waals surface area contributed by atoms with Gasteiger partial charge in [-0.1, -0.05) is 50.6 Å². The summed E-state index contributed by atoms with van der Waals surface area (Å²) in [6.07, 6.45) is 2.51. The summed E-state index contributed by atoms with van der Waals surface area (Å²) in [6, 6.07) is 12.8. The molecule has 0 radical (unpaired) electrons. The third-order valence-corrected chi connectivity index (χ3v) is 3.57. The van der Waals surface area contributed by atoms with Gasteiger partial charge in [-0.25, -0.2) is 0 Å². The fourth-order valence-electron chi connectivity index (χ4n) is 2.54. The van der Waals surface area contributed by atoms with Crippen molar-refractivity contribution in [3.8, 4) is 5.75 Å². The Hall–Kier alpha value is -1.54. The number of nitrogens with one attached hydrogen (secondary N) is 1. The Kier molecular flexibility index (Phi) is 5.42. The number of rotatable bonds is 7. The second kappa shape index (κ2) is 7.30. The Morgan fingerprint density at radius 1 is 1.10 bits per heavy atom. The van der Waals surface area contributed by atoms with Gasteiger partial charge in [-0.15, -0.1) is 0 Å². The van der Waals surface area contributed by atoms with E-state index in [0.29, 0.717) is 0 Å². The molecular weight excluding hydrogens is 246 g/mol. The van der Waals surface area contributed by atoms with Crippen LogP contribution in [0.15, 0.2) is 36.4 Å². The number of hydrogen-bond donors (Lipinski definition) is 1. The van der Waals surface area contributed by atoms with E-state index in [1.807, 2.05) is 0 Å². The Morgan fingerprint density at radius 3 is 2.65 bits per heavy atom. The highest BCUT2D eigenvalue weighted by Crippen LogP contribution is 2.29. The number of benzene rings is 2. The second-order valence-electron chi connectivity index (χ2n) is 5.26. The lowest BCUT2D eigenvalue weighted by molar-refractivity contribution is 0.208.